The number of hydrogen-bond donors (Lipinski definition) is 1. The van der Waals surface area contributed by atoms with Crippen LogP contribution in [0.3, 0.4) is 0 Å². The summed E-state index contributed by atoms with van der Waals surface area (Å²) in [5.74, 6) is -0.813. The Morgan fingerprint density at radius 2 is 1.89 bits per heavy atom. The highest BCUT2D eigenvalue weighted by atomic mass is 32.2. The Balaban J connectivity index is 2.13. The fourth-order valence-corrected chi connectivity index (χ4v) is 4.30. The zero-order chi connectivity index (χ0) is 20.5. The summed E-state index contributed by atoms with van der Waals surface area (Å²) in [6, 6.07) is 7.76. The van der Waals surface area contributed by atoms with Gasteiger partial charge in [-0.05, 0) is 25.1 Å². The van der Waals surface area contributed by atoms with Crippen LogP contribution in [0.15, 0.2) is 41.3 Å². The van der Waals surface area contributed by atoms with E-state index in [2.05, 4.69) is 0 Å². The summed E-state index contributed by atoms with van der Waals surface area (Å²) in [6.07, 6.45) is 0. The van der Waals surface area contributed by atoms with Gasteiger partial charge in [-0.2, -0.15) is 0 Å². The molecule has 2 aromatic rings. The molecule has 0 spiro atoms. The Bertz CT molecular complexity index is 1050. The second-order valence-electron chi connectivity index (χ2n) is 5.89. The normalized spacial score (nSPS) is 13.0. The van der Waals surface area contributed by atoms with Crippen LogP contribution < -0.4 is 13.8 Å². The number of rotatable bonds is 6. The molecule has 0 amide bonds. The number of fused-ring (bicyclic) bond motifs is 1. The molecule has 3 rings (SSSR count). The lowest BCUT2D eigenvalue weighted by molar-refractivity contribution is -0.385. The Hall–Kier alpha value is -3.34. The monoisotopic (exact) mass is 408 g/mol. The highest BCUT2D eigenvalue weighted by Crippen LogP contribution is 2.36. The van der Waals surface area contributed by atoms with Crippen molar-refractivity contribution < 1.29 is 32.7 Å². The molecule has 0 aliphatic carbocycles. The molecule has 1 N–H and O–H groups in total. The number of anilines is 1. The van der Waals surface area contributed by atoms with E-state index < -0.39 is 27.5 Å². The van der Waals surface area contributed by atoms with Gasteiger partial charge in [0.25, 0.3) is 15.7 Å². The number of carboxylic acid groups (broad SMARTS) is 1. The second-order valence-corrected chi connectivity index (χ2v) is 7.75. The van der Waals surface area contributed by atoms with Crippen molar-refractivity contribution in [2.75, 3.05) is 24.1 Å². The number of nitrogens with zero attached hydrogens (tertiary/aromatic N) is 2. The highest BCUT2D eigenvalue weighted by Gasteiger charge is 2.31. The SMILES string of the molecule is Cc1c(N(CC(=O)O)S(=O)(=O)c2ccc3c(c2)OCCO3)cccc1[N+](=O)[O-]. The first kappa shape index (κ1) is 19.4. The van der Waals surface area contributed by atoms with Gasteiger partial charge in [0, 0.05) is 12.1 Å². The van der Waals surface area contributed by atoms with Crippen molar-refractivity contribution in [3.05, 3.63) is 52.1 Å². The Kier molecular flexibility index (Phi) is 5.10. The molecule has 10 nitrogen and oxygen atoms in total. The van der Waals surface area contributed by atoms with Crippen molar-refractivity contribution in [2.45, 2.75) is 11.8 Å². The van der Waals surface area contributed by atoms with Crippen molar-refractivity contribution in [1.82, 2.24) is 0 Å². The van der Waals surface area contributed by atoms with Crippen molar-refractivity contribution in [1.29, 1.82) is 0 Å². The third-order valence-electron chi connectivity index (χ3n) is 4.12. The Morgan fingerprint density at radius 1 is 1.21 bits per heavy atom. The minimum Gasteiger partial charge on any atom is -0.486 e. The molecule has 11 heteroatoms. The van der Waals surface area contributed by atoms with Crippen molar-refractivity contribution >= 4 is 27.4 Å². The van der Waals surface area contributed by atoms with E-state index in [0.29, 0.717) is 16.7 Å². The van der Waals surface area contributed by atoms with E-state index in [0.717, 1.165) is 0 Å². The van der Waals surface area contributed by atoms with Gasteiger partial charge in [-0.3, -0.25) is 19.2 Å². The van der Waals surface area contributed by atoms with Crippen molar-refractivity contribution in [2.24, 2.45) is 0 Å². The zero-order valence-corrected chi connectivity index (χ0v) is 15.5. The third-order valence-corrected chi connectivity index (χ3v) is 5.88. The van der Waals surface area contributed by atoms with Gasteiger partial charge in [0.2, 0.25) is 0 Å². The quantitative estimate of drug-likeness (QED) is 0.566. The van der Waals surface area contributed by atoms with Gasteiger partial charge in [0.1, 0.15) is 19.8 Å². The van der Waals surface area contributed by atoms with Crippen LogP contribution in [0, 0.1) is 17.0 Å². The van der Waals surface area contributed by atoms with E-state index in [1.165, 1.54) is 43.3 Å². The first-order valence-electron chi connectivity index (χ1n) is 8.10. The molecule has 0 saturated heterocycles. The van der Waals surface area contributed by atoms with Crippen LogP contribution in [0.4, 0.5) is 11.4 Å². The van der Waals surface area contributed by atoms with Crippen LogP contribution in [0.1, 0.15) is 5.56 Å². The standard InChI is InChI=1S/C17H16N2O8S/c1-11-13(3-2-4-14(11)19(22)23)18(10-17(20)21)28(24,25)12-5-6-15-16(9-12)27-8-7-26-15/h2-6,9H,7-8,10H2,1H3,(H,20,21). The van der Waals surface area contributed by atoms with Crippen molar-refractivity contribution in [3.63, 3.8) is 0 Å². The molecule has 1 heterocycles. The molecule has 0 unspecified atom stereocenters. The molecule has 0 radical (unpaired) electrons. The largest absolute Gasteiger partial charge is 0.486 e. The molecule has 0 fully saturated rings. The number of hydrogen-bond acceptors (Lipinski definition) is 7. The van der Waals surface area contributed by atoms with Crippen LogP contribution >= 0.6 is 0 Å². The second kappa shape index (κ2) is 7.35. The molecule has 1 aliphatic rings. The highest BCUT2D eigenvalue weighted by molar-refractivity contribution is 7.92. The molecule has 0 saturated carbocycles. The summed E-state index contributed by atoms with van der Waals surface area (Å²) in [7, 11) is -4.35. The zero-order valence-electron chi connectivity index (χ0n) is 14.7. The van der Waals surface area contributed by atoms with E-state index in [4.69, 9.17) is 9.47 Å². The van der Waals surface area contributed by atoms with Crippen LogP contribution in [-0.4, -0.2) is 44.2 Å². The number of carbonyl (C=O) groups is 1. The fraction of sp³-hybridized carbons (Fsp3) is 0.235. The van der Waals surface area contributed by atoms with E-state index >= 15 is 0 Å². The fourth-order valence-electron chi connectivity index (χ4n) is 2.81. The predicted octanol–water partition coefficient (Wildman–Crippen LogP) is 1.95. The minimum absolute atomic E-state index is 0.0369. The number of carboxylic acids is 1. The topological polar surface area (TPSA) is 136 Å². The summed E-state index contributed by atoms with van der Waals surface area (Å²) < 4.78 is 37.7. The third kappa shape index (κ3) is 3.56. The molecule has 2 aromatic carbocycles. The predicted molar refractivity (Wildman–Crippen MR) is 97.4 cm³/mol. The van der Waals surface area contributed by atoms with Gasteiger partial charge < -0.3 is 14.6 Å². The number of ether oxygens (including phenoxy) is 2. The maximum atomic E-state index is 13.2. The van der Waals surface area contributed by atoms with E-state index in [1.54, 1.807) is 0 Å². The molecule has 1 aliphatic heterocycles. The molecule has 28 heavy (non-hydrogen) atoms. The molecule has 0 aromatic heterocycles. The Labute approximate surface area is 160 Å². The molecule has 148 valence electrons. The molecular weight excluding hydrogens is 392 g/mol. The van der Waals surface area contributed by atoms with Crippen LogP contribution in [-0.2, 0) is 14.8 Å². The number of nitro groups is 1. The number of aliphatic carboxylic acids is 1. The van der Waals surface area contributed by atoms with E-state index in [1.807, 2.05) is 0 Å². The van der Waals surface area contributed by atoms with Crippen molar-refractivity contribution in [3.8, 4) is 11.5 Å². The maximum Gasteiger partial charge on any atom is 0.324 e. The summed E-state index contributed by atoms with van der Waals surface area (Å²) in [4.78, 5) is 21.7. The Morgan fingerprint density at radius 3 is 2.54 bits per heavy atom. The summed E-state index contributed by atoms with van der Waals surface area (Å²) in [5.41, 5.74) is -0.369. The summed E-state index contributed by atoms with van der Waals surface area (Å²) in [6.45, 7) is 1.04. The first-order chi connectivity index (χ1) is 13.2. The van der Waals surface area contributed by atoms with Gasteiger partial charge in [-0.25, -0.2) is 8.42 Å². The molecule has 0 atom stereocenters. The van der Waals surface area contributed by atoms with Gasteiger partial charge in [-0.15, -0.1) is 0 Å². The summed E-state index contributed by atoms with van der Waals surface area (Å²) >= 11 is 0. The summed E-state index contributed by atoms with van der Waals surface area (Å²) in [5, 5.41) is 20.4. The number of sulfonamides is 1. The van der Waals surface area contributed by atoms with Crippen LogP contribution in [0.5, 0.6) is 11.5 Å². The van der Waals surface area contributed by atoms with Crippen LogP contribution in [0.2, 0.25) is 0 Å². The number of nitro benzene ring substituents is 1. The lowest BCUT2D eigenvalue weighted by Crippen LogP contribution is -2.36. The van der Waals surface area contributed by atoms with Crippen LogP contribution in [0.25, 0.3) is 0 Å². The lowest BCUT2D eigenvalue weighted by Gasteiger charge is -2.25. The smallest absolute Gasteiger partial charge is 0.324 e. The lowest BCUT2D eigenvalue weighted by atomic mass is 10.1. The maximum absolute atomic E-state index is 13.2. The average molecular weight is 408 g/mol. The van der Waals surface area contributed by atoms with E-state index in [9.17, 15) is 28.4 Å². The van der Waals surface area contributed by atoms with Gasteiger partial charge in [0.15, 0.2) is 11.5 Å². The average Bonchev–Trinajstić information content (AvgIpc) is 2.65. The molecule has 0 bridgehead atoms. The van der Waals surface area contributed by atoms with Gasteiger partial charge in [-0.1, -0.05) is 6.07 Å². The molecular formula is C17H16N2O8S. The van der Waals surface area contributed by atoms with E-state index in [-0.39, 0.29) is 34.2 Å². The first-order valence-corrected chi connectivity index (χ1v) is 9.54. The number of benzene rings is 2. The minimum atomic E-state index is -4.35. The van der Waals surface area contributed by atoms with Gasteiger partial charge >= 0.3 is 5.97 Å². The van der Waals surface area contributed by atoms with Gasteiger partial charge in [0.05, 0.1) is 21.1 Å².